The van der Waals surface area contributed by atoms with Crippen LogP contribution in [0.4, 0.5) is 20.2 Å². The molecule has 0 aromatic carbocycles. The van der Waals surface area contributed by atoms with Crippen molar-refractivity contribution in [3.05, 3.63) is 59.0 Å². The van der Waals surface area contributed by atoms with Crippen molar-refractivity contribution in [1.82, 2.24) is 19.6 Å². The lowest BCUT2D eigenvalue weighted by Gasteiger charge is -2.63. The molecule has 7 rings (SSSR count). The van der Waals surface area contributed by atoms with Crippen molar-refractivity contribution in [3.63, 3.8) is 0 Å². The molecule has 0 unspecified atom stereocenters. The number of nitrogens with zero attached hydrogens (tertiary/aromatic N) is 5. The number of alkyl halides is 2. The van der Waals surface area contributed by atoms with Crippen LogP contribution in [0.5, 0.6) is 0 Å². The highest BCUT2D eigenvalue weighted by atomic mass is 32.1. The van der Waals surface area contributed by atoms with Crippen molar-refractivity contribution in [1.29, 1.82) is 0 Å². The van der Waals surface area contributed by atoms with E-state index in [0.29, 0.717) is 48.8 Å². The molecule has 202 valence electrons. The number of fused-ring (bicyclic) bond motifs is 1. The van der Waals surface area contributed by atoms with E-state index < -0.39 is 18.4 Å². The number of carbonyl (C=O) groups excluding carboxylic acids is 1. The van der Waals surface area contributed by atoms with Crippen LogP contribution < -0.4 is 10.2 Å². The van der Waals surface area contributed by atoms with Crippen molar-refractivity contribution in [2.24, 2.45) is 5.41 Å². The summed E-state index contributed by atoms with van der Waals surface area (Å²) in [5.41, 5.74) is 2.63. The number of thiophene rings is 1. The predicted molar refractivity (Wildman–Crippen MR) is 145 cm³/mol. The Morgan fingerprint density at radius 3 is 2.64 bits per heavy atom. The maximum Gasteiger partial charge on any atom is 0.259 e. The van der Waals surface area contributed by atoms with E-state index >= 15 is 0 Å². The molecule has 0 radical (unpaired) electrons. The topological polar surface area (TPSA) is 95.7 Å². The molecular weight excluding hydrogens is 522 g/mol. The van der Waals surface area contributed by atoms with Crippen LogP contribution in [-0.2, 0) is 0 Å². The summed E-state index contributed by atoms with van der Waals surface area (Å²) in [5, 5.41) is 17.7. The second kappa shape index (κ2) is 8.79. The number of aromatic nitrogens is 4. The molecule has 1 spiro atoms. The highest BCUT2D eigenvalue weighted by molar-refractivity contribution is 7.16. The van der Waals surface area contributed by atoms with Gasteiger partial charge in [0.15, 0.2) is 5.82 Å². The molecule has 8 nitrogen and oxygen atoms in total. The van der Waals surface area contributed by atoms with Crippen LogP contribution >= 0.6 is 11.3 Å². The van der Waals surface area contributed by atoms with E-state index in [4.69, 9.17) is 0 Å². The van der Waals surface area contributed by atoms with Gasteiger partial charge in [0.25, 0.3) is 5.91 Å². The predicted octanol–water partition coefficient (Wildman–Crippen LogP) is 5.28. The third-order valence-electron chi connectivity index (χ3n) is 8.22. The van der Waals surface area contributed by atoms with Crippen molar-refractivity contribution in [2.75, 3.05) is 23.3 Å². The first-order valence-corrected chi connectivity index (χ1v) is 14.0. The lowest BCUT2D eigenvalue weighted by Crippen LogP contribution is -2.68. The molecule has 2 aliphatic carbocycles. The first-order valence-electron chi connectivity index (χ1n) is 13.2. The fourth-order valence-corrected chi connectivity index (χ4v) is 7.21. The zero-order valence-electron chi connectivity index (χ0n) is 21.4. The van der Waals surface area contributed by atoms with E-state index in [-0.39, 0.29) is 11.3 Å². The minimum atomic E-state index is -2.49. The Labute approximate surface area is 227 Å². The molecule has 1 saturated heterocycles. The summed E-state index contributed by atoms with van der Waals surface area (Å²) < 4.78 is 27.2. The van der Waals surface area contributed by atoms with Gasteiger partial charge < -0.3 is 15.3 Å². The third kappa shape index (κ3) is 4.47. The first kappa shape index (κ1) is 24.6. The summed E-state index contributed by atoms with van der Waals surface area (Å²) in [6.07, 6.45) is 7.44. The average Bonchev–Trinajstić information content (AvgIpc) is 3.53. The van der Waals surface area contributed by atoms with E-state index in [1.807, 2.05) is 43.7 Å². The molecule has 4 aromatic heterocycles. The van der Waals surface area contributed by atoms with E-state index in [1.54, 1.807) is 22.0 Å². The monoisotopic (exact) mass is 550 g/mol. The quantitative estimate of drug-likeness (QED) is 0.325. The Bertz CT molecular complexity index is 1560. The molecule has 2 saturated carbocycles. The smallest absolute Gasteiger partial charge is 0.259 e. The minimum Gasteiger partial charge on any atom is -0.390 e. The molecule has 5 heterocycles. The highest BCUT2D eigenvalue weighted by Gasteiger charge is 2.60. The molecule has 0 atom stereocenters. The highest BCUT2D eigenvalue weighted by Crippen LogP contribution is 2.56. The zero-order valence-corrected chi connectivity index (χ0v) is 22.2. The van der Waals surface area contributed by atoms with Gasteiger partial charge in [-0.15, -0.1) is 11.3 Å². The van der Waals surface area contributed by atoms with Gasteiger partial charge in [-0.25, -0.2) is 23.3 Å². The van der Waals surface area contributed by atoms with E-state index in [1.165, 1.54) is 18.4 Å². The summed E-state index contributed by atoms with van der Waals surface area (Å²) in [4.78, 5) is 26.4. The molecule has 1 aliphatic heterocycles. The maximum atomic E-state index is 13.3. The zero-order chi connectivity index (χ0) is 26.9. The fraction of sp³-hybridized carbons (Fsp3) is 0.429. The third-order valence-corrected chi connectivity index (χ3v) is 9.26. The Morgan fingerprint density at radius 2 is 1.95 bits per heavy atom. The Hall–Kier alpha value is -3.44. The average molecular weight is 551 g/mol. The van der Waals surface area contributed by atoms with Gasteiger partial charge in [0.2, 0.25) is 6.43 Å². The molecule has 3 aliphatic rings. The van der Waals surface area contributed by atoms with Gasteiger partial charge in [0.05, 0.1) is 33.4 Å². The number of carbonyl (C=O) groups is 1. The number of hydrogen-bond acceptors (Lipinski definition) is 7. The first-order chi connectivity index (χ1) is 18.7. The number of aliphatic hydroxyl groups is 1. The van der Waals surface area contributed by atoms with Gasteiger partial charge in [0.1, 0.15) is 0 Å². The van der Waals surface area contributed by atoms with Crippen LogP contribution in [0.2, 0.25) is 0 Å². The molecule has 4 aromatic rings. The van der Waals surface area contributed by atoms with Crippen molar-refractivity contribution in [2.45, 2.75) is 57.0 Å². The van der Waals surface area contributed by atoms with Crippen molar-refractivity contribution in [3.8, 4) is 10.7 Å². The molecular formula is C28H28F2N6O2S. The van der Waals surface area contributed by atoms with Crippen LogP contribution in [0.15, 0.2) is 43.0 Å². The molecule has 11 heteroatoms. The summed E-state index contributed by atoms with van der Waals surface area (Å²) in [6.45, 7) is 3.36. The second-order valence-corrected chi connectivity index (χ2v) is 12.7. The van der Waals surface area contributed by atoms with Crippen LogP contribution in [0.25, 0.3) is 16.2 Å². The number of nitrogens with one attached hydrogen (secondary N) is 1. The van der Waals surface area contributed by atoms with Gasteiger partial charge in [-0.05, 0) is 62.3 Å². The molecule has 39 heavy (non-hydrogen) atoms. The second-order valence-electron chi connectivity index (χ2n) is 11.5. The lowest BCUT2D eigenvalue weighted by molar-refractivity contribution is -0.161. The normalized spacial score (nSPS) is 19.4. The summed E-state index contributed by atoms with van der Waals surface area (Å²) in [5.74, 6) is 1.000. The number of anilines is 2. The van der Waals surface area contributed by atoms with Gasteiger partial charge in [0, 0.05) is 54.1 Å². The van der Waals surface area contributed by atoms with Gasteiger partial charge in [-0.3, -0.25) is 4.79 Å². The number of rotatable bonds is 7. The molecule has 2 N–H and O–H groups in total. The van der Waals surface area contributed by atoms with Crippen LogP contribution in [0.3, 0.4) is 0 Å². The molecule has 0 bridgehead atoms. The number of pyridine rings is 1. The van der Waals surface area contributed by atoms with Gasteiger partial charge in [-0.1, -0.05) is 0 Å². The standard InChI is InChI=1S/C28H28F2N6O2S/c1-16-21(7-23(39-16)25-31-9-18(10-32-25)17-2-3-17)34-26(37)20-11-33-36-5-4-19(6-22(20)36)35-14-27(15-35)12-28(38,13-27)8-24(29)30/h4-7,9-11,17,24,38H,2-3,8,12-15H2,1H3,(H,34,37). The van der Waals surface area contributed by atoms with Crippen LogP contribution in [0.1, 0.15) is 58.8 Å². The van der Waals surface area contributed by atoms with E-state index in [2.05, 4.69) is 25.3 Å². The summed E-state index contributed by atoms with van der Waals surface area (Å²) >= 11 is 1.54. The van der Waals surface area contributed by atoms with Crippen molar-refractivity contribution >= 4 is 34.1 Å². The number of halogens is 2. The fourth-order valence-electron chi connectivity index (χ4n) is 6.29. The number of amides is 1. The van der Waals surface area contributed by atoms with Crippen LogP contribution in [0, 0.1) is 12.3 Å². The van der Waals surface area contributed by atoms with E-state index in [9.17, 15) is 18.7 Å². The maximum absolute atomic E-state index is 13.3. The summed E-state index contributed by atoms with van der Waals surface area (Å²) in [6, 6.07) is 5.77. The van der Waals surface area contributed by atoms with E-state index in [0.717, 1.165) is 21.1 Å². The molecule has 3 fully saturated rings. The SMILES string of the molecule is Cc1sc(-c2ncc(C3CC3)cn2)cc1NC(=O)c1cnn2ccc(N3CC4(C3)CC(O)(CC(F)F)C4)cc12. The Morgan fingerprint density at radius 1 is 1.21 bits per heavy atom. The van der Waals surface area contributed by atoms with Crippen molar-refractivity contribution < 1.29 is 18.7 Å². The minimum absolute atomic E-state index is 0.105. The Kier molecular flexibility index (Phi) is 5.54. The largest absolute Gasteiger partial charge is 0.390 e. The summed E-state index contributed by atoms with van der Waals surface area (Å²) in [7, 11) is 0. The Balaban J connectivity index is 1.05. The lowest BCUT2D eigenvalue weighted by atomic mass is 9.54. The van der Waals surface area contributed by atoms with Gasteiger partial charge >= 0.3 is 0 Å². The molecule has 1 amide bonds. The number of aryl methyl sites for hydroxylation is 1. The number of hydrogen-bond donors (Lipinski definition) is 2. The van der Waals surface area contributed by atoms with Crippen LogP contribution in [-0.4, -0.2) is 55.7 Å². The van der Waals surface area contributed by atoms with Gasteiger partial charge in [-0.2, -0.15) is 5.10 Å².